The van der Waals surface area contributed by atoms with Crippen LogP contribution in [0.25, 0.3) is 6.08 Å². The Balaban J connectivity index is 1.72. The molecular weight excluding hydrogens is 414 g/mol. The van der Waals surface area contributed by atoms with Gasteiger partial charge in [-0.05, 0) is 59.7 Å². The smallest absolute Gasteiger partial charge is 0.293 e. The summed E-state index contributed by atoms with van der Waals surface area (Å²) in [5, 5.41) is -0.246. The SMILES string of the molecule is CCCOc1ccc(/C=C2\SC(=O)N(Cc3cccc(Br)c3)C2=O)cc1. The fourth-order valence-corrected chi connectivity index (χ4v) is 3.77. The average molecular weight is 432 g/mol. The quantitative estimate of drug-likeness (QED) is 0.568. The summed E-state index contributed by atoms with van der Waals surface area (Å²) in [6.45, 7) is 3.00. The van der Waals surface area contributed by atoms with E-state index in [1.807, 2.05) is 48.5 Å². The van der Waals surface area contributed by atoms with Gasteiger partial charge in [-0.1, -0.05) is 47.1 Å². The van der Waals surface area contributed by atoms with Crippen LogP contribution < -0.4 is 4.74 Å². The summed E-state index contributed by atoms with van der Waals surface area (Å²) in [5.74, 6) is 0.540. The minimum Gasteiger partial charge on any atom is -0.494 e. The van der Waals surface area contributed by atoms with E-state index in [1.54, 1.807) is 6.08 Å². The number of ether oxygens (including phenoxy) is 1. The molecule has 2 aromatic carbocycles. The summed E-state index contributed by atoms with van der Waals surface area (Å²) in [4.78, 5) is 26.6. The maximum absolute atomic E-state index is 12.6. The van der Waals surface area contributed by atoms with Crippen LogP contribution in [0, 0.1) is 0 Å². The topological polar surface area (TPSA) is 46.6 Å². The van der Waals surface area contributed by atoms with Gasteiger partial charge in [0.05, 0.1) is 18.1 Å². The van der Waals surface area contributed by atoms with E-state index in [0.717, 1.165) is 39.5 Å². The first kappa shape index (κ1) is 18.7. The first-order chi connectivity index (χ1) is 12.6. The van der Waals surface area contributed by atoms with Crippen molar-refractivity contribution in [3.05, 3.63) is 69.0 Å². The molecule has 0 aromatic heterocycles. The molecule has 0 bridgehead atoms. The van der Waals surface area contributed by atoms with Gasteiger partial charge in [0.25, 0.3) is 11.1 Å². The highest BCUT2D eigenvalue weighted by Crippen LogP contribution is 2.33. The van der Waals surface area contributed by atoms with Gasteiger partial charge in [-0.3, -0.25) is 14.5 Å². The highest BCUT2D eigenvalue weighted by molar-refractivity contribution is 9.10. The van der Waals surface area contributed by atoms with Crippen molar-refractivity contribution < 1.29 is 14.3 Å². The maximum atomic E-state index is 12.6. The van der Waals surface area contributed by atoms with E-state index in [2.05, 4.69) is 22.9 Å². The third-order valence-corrected chi connectivity index (χ3v) is 5.15. The lowest BCUT2D eigenvalue weighted by Gasteiger charge is -2.12. The fraction of sp³-hybridized carbons (Fsp3) is 0.200. The van der Waals surface area contributed by atoms with Crippen molar-refractivity contribution in [3.8, 4) is 5.75 Å². The molecule has 6 heteroatoms. The number of thioether (sulfide) groups is 1. The molecular formula is C20H18BrNO3S. The van der Waals surface area contributed by atoms with E-state index >= 15 is 0 Å². The van der Waals surface area contributed by atoms with Crippen LogP contribution >= 0.6 is 27.7 Å². The molecule has 0 unspecified atom stereocenters. The second kappa shape index (κ2) is 8.56. The number of benzene rings is 2. The van der Waals surface area contributed by atoms with Crippen molar-refractivity contribution in [3.63, 3.8) is 0 Å². The van der Waals surface area contributed by atoms with Crippen LogP contribution in [0.1, 0.15) is 24.5 Å². The second-order valence-electron chi connectivity index (χ2n) is 5.82. The zero-order valence-electron chi connectivity index (χ0n) is 14.3. The molecule has 1 aliphatic heterocycles. The van der Waals surface area contributed by atoms with E-state index < -0.39 is 0 Å². The molecule has 2 amide bonds. The van der Waals surface area contributed by atoms with Gasteiger partial charge in [-0.2, -0.15) is 0 Å². The van der Waals surface area contributed by atoms with Gasteiger partial charge in [0.2, 0.25) is 0 Å². The van der Waals surface area contributed by atoms with Crippen LogP contribution in [0.15, 0.2) is 57.9 Å². The number of nitrogens with zero attached hydrogens (tertiary/aromatic N) is 1. The summed E-state index contributed by atoms with van der Waals surface area (Å²) >= 11 is 4.38. The second-order valence-corrected chi connectivity index (χ2v) is 7.72. The van der Waals surface area contributed by atoms with Gasteiger partial charge >= 0.3 is 0 Å². The Morgan fingerprint density at radius 2 is 1.92 bits per heavy atom. The molecule has 0 aliphatic carbocycles. The lowest BCUT2D eigenvalue weighted by atomic mass is 10.2. The van der Waals surface area contributed by atoms with Gasteiger partial charge in [0.1, 0.15) is 5.75 Å². The third-order valence-electron chi connectivity index (χ3n) is 3.75. The van der Waals surface area contributed by atoms with Crippen molar-refractivity contribution in [1.82, 2.24) is 4.90 Å². The number of carbonyl (C=O) groups excluding carboxylic acids is 2. The molecule has 4 nitrogen and oxygen atoms in total. The van der Waals surface area contributed by atoms with Gasteiger partial charge < -0.3 is 4.74 Å². The van der Waals surface area contributed by atoms with E-state index in [4.69, 9.17) is 4.74 Å². The number of hydrogen-bond donors (Lipinski definition) is 0. The predicted octanol–water partition coefficient (Wildman–Crippen LogP) is 5.47. The molecule has 0 atom stereocenters. The largest absolute Gasteiger partial charge is 0.494 e. The van der Waals surface area contributed by atoms with Crippen LogP contribution in [0.5, 0.6) is 5.75 Å². The van der Waals surface area contributed by atoms with Gasteiger partial charge in [-0.25, -0.2) is 0 Å². The van der Waals surface area contributed by atoms with Crippen LogP contribution in [0.4, 0.5) is 4.79 Å². The van der Waals surface area contributed by atoms with E-state index in [-0.39, 0.29) is 17.7 Å². The molecule has 1 aliphatic rings. The highest BCUT2D eigenvalue weighted by Gasteiger charge is 2.34. The number of rotatable bonds is 6. The Kier molecular flexibility index (Phi) is 6.16. The average Bonchev–Trinajstić information content (AvgIpc) is 2.89. The van der Waals surface area contributed by atoms with Crippen LogP contribution in [-0.2, 0) is 11.3 Å². The van der Waals surface area contributed by atoms with Crippen molar-refractivity contribution in [2.75, 3.05) is 6.61 Å². The van der Waals surface area contributed by atoms with Crippen molar-refractivity contribution >= 4 is 44.9 Å². The Morgan fingerprint density at radius 3 is 2.62 bits per heavy atom. The highest BCUT2D eigenvalue weighted by atomic mass is 79.9. The first-order valence-corrected chi connectivity index (χ1v) is 9.90. The number of halogens is 1. The number of imide groups is 1. The zero-order chi connectivity index (χ0) is 18.5. The summed E-state index contributed by atoms with van der Waals surface area (Å²) in [6.07, 6.45) is 2.70. The van der Waals surface area contributed by atoms with Gasteiger partial charge in [0.15, 0.2) is 0 Å². The Bertz CT molecular complexity index is 848. The molecule has 134 valence electrons. The molecule has 0 N–H and O–H groups in total. The van der Waals surface area contributed by atoms with Crippen molar-refractivity contribution in [2.24, 2.45) is 0 Å². The molecule has 1 saturated heterocycles. The van der Waals surface area contributed by atoms with Crippen molar-refractivity contribution in [2.45, 2.75) is 19.9 Å². The summed E-state index contributed by atoms with van der Waals surface area (Å²) < 4.78 is 6.47. The lowest BCUT2D eigenvalue weighted by Crippen LogP contribution is -2.27. The van der Waals surface area contributed by atoms with Crippen LogP contribution in [0.3, 0.4) is 0 Å². The monoisotopic (exact) mass is 431 g/mol. The summed E-state index contributed by atoms with van der Waals surface area (Å²) in [6, 6.07) is 15.1. The van der Waals surface area contributed by atoms with Gasteiger partial charge in [-0.15, -0.1) is 0 Å². The predicted molar refractivity (Wildman–Crippen MR) is 108 cm³/mol. The molecule has 1 heterocycles. The molecule has 1 fully saturated rings. The minimum absolute atomic E-state index is 0.246. The van der Waals surface area contributed by atoms with E-state index in [1.165, 1.54) is 4.90 Å². The van der Waals surface area contributed by atoms with Crippen LogP contribution in [0.2, 0.25) is 0 Å². The number of carbonyl (C=O) groups is 2. The van der Waals surface area contributed by atoms with Crippen molar-refractivity contribution in [1.29, 1.82) is 0 Å². The molecule has 0 saturated carbocycles. The minimum atomic E-state index is -0.258. The van der Waals surface area contributed by atoms with Gasteiger partial charge in [0, 0.05) is 4.47 Å². The lowest BCUT2D eigenvalue weighted by molar-refractivity contribution is -0.123. The Labute approximate surface area is 165 Å². The third kappa shape index (κ3) is 4.56. The van der Waals surface area contributed by atoms with E-state index in [9.17, 15) is 9.59 Å². The normalized spacial score (nSPS) is 15.8. The Morgan fingerprint density at radius 1 is 1.15 bits per heavy atom. The summed E-state index contributed by atoms with van der Waals surface area (Å²) in [7, 11) is 0. The fourth-order valence-electron chi connectivity index (χ4n) is 2.49. The number of amides is 2. The molecule has 0 spiro atoms. The van der Waals surface area contributed by atoms with Crippen LogP contribution in [-0.4, -0.2) is 22.7 Å². The first-order valence-electron chi connectivity index (χ1n) is 8.29. The standard InChI is InChI=1S/C20H18BrNO3S/c1-2-10-25-17-8-6-14(7-9-17)12-18-19(23)22(20(24)26-18)13-15-4-3-5-16(21)11-15/h3-9,11-12H,2,10,13H2,1H3/b18-12-. The maximum Gasteiger partial charge on any atom is 0.293 e. The number of hydrogen-bond acceptors (Lipinski definition) is 4. The Hall–Kier alpha value is -2.05. The molecule has 0 radical (unpaired) electrons. The molecule has 26 heavy (non-hydrogen) atoms. The summed E-state index contributed by atoms with van der Waals surface area (Å²) in [5.41, 5.74) is 1.77. The zero-order valence-corrected chi connectivity index (χ0v) is 16.7. The molecule has 3 rings (SSSR count). The van der Waals surface area contributed by atoms with E-state index in [0.29, 0.717) is 11.5 Å². The molecule has 2 aromatic rings.